The second kappa shape index (κ2) is 8.87. The lowest BCUT2D eigenvalue weighted by molar-refractivity contribution is 0.0940. The van der Waals surface area contributed by atoms with Crippen molar-refractivity contribution in [1.29, 1.82) is 0 Å². The van der Waals surface area contributed by atoms with Gasteiger partial charge < -0.3 is 14.4 Å². The molecule has 1 saturated heterocycles. The van der Waals surface area contributed by atoms with Crippen molar-refractivity contribution in [2.24, 2.45) is 5.92 Å². The molecule has 1 unspecified atom stereocenters. The Bertz CT molecular complexity index is 859. The lowest BCUT2D eigenvalue weighted by Crippen LogP contribution is -2.47. The van der Waals surface area contributed by atoms with Gasteiger partial charge >= 0.3 is 0 Å². The van der Waals surface area contributed by atoms with E-state index < -0.39 is 0 Å². The van der Waals surface area contributed by atoms with E-state index in [1.54, 1.807) is 14.2 Å². The average molecular weight is 395 g/mol. The average Bonchev–Trinajstić information content (AvgIpc) is 2.78. The molecule has 0 amide bonds. The van der Waals surface area contributed by atoms with Crippen LogP contribution in [-0.4, -0.2) is 57.6 Å². The molecule has 2 aliphatic rings. The second-order valence-electron chi connectivity index (χ2n) is 8.01. The molecule has 29 heavy (non-hydrogen) atoms. The first-order valence-electron chi connectivity index (χ1n) is 10.5. The van der Waals surface area contributed by atoms with Crippen LogP contribution in [0.5, 0.6) is 11.5 Å². The van der Waals surface area contributed by atoms with Crippen molar-refractivity contribution in [3.8, 4) is 11.5 Å². The van der Waals surface area contributed by atoms with Gasteiger partial charge in [0.2, 0.25) is 0 Å². The van der Waals surface area contributed by atoms with Gasteiger partial charge in [0.25, 0.3) is 0 Å². The van der Waals surface area contributed by atoms with Gasteiger partial charge in [-0.1, -0.05) is 18.2 Å². The number of hydrogen-bond donors (Lipinski definition) is 0. The summed E-state index contributed by atoms with van der Waals surface area (Å²) in [6, 6.07) is 14.2. The molecule has 0 N–H and O–H groups in total. The fourth-order valence-electron chi connectivity index (χ4n) is 4.55. The first-order valence-corrected chi connectivity index (χ1v) is 10.5. The molecule has 0 spiro atoms. The Labute approximate surface area is 173 Å². The molecule has 0 bridgehead atoms. The minimum atomic E-state index is 0.260. The predicted octanol–water partition coefficient (Wildman–Crippen LogP) is 3.66. The van der Waals surface area contributed by atoms with E-state index >= 15 is 0 Å². The van der Waals surface area contributed by atoms with Crippen molar-refractivity contribution < 1.29 is 14.3 Å². The van der Waals surface area contributed by atoms with E-state index in [9.17, 15) is 4.79 Å². The number of methoxy groups -OCH3 is 2. The van der Waals surface area contributed by atoms with Gasteiger partial charge in [0.1, 0.15) is 11.5 Å². The minimum Gasteiger partial charge on any atom is -0.497 e. The summed E-state index contributed by atoms with van der Waals surface area (Å²) in [5.41, 5.74) is 3.21. The third kappa shape index (κ3) is 4.40. The molecule has 154 valence electrons. The number of anilines is 1. The summed E-state index contributed by atoms with van der Waals surface area (Å²) in [5, 5.41) is 0. The van der Waals surface area contributed by atoms with Crippen LogP contribution in [0.4, 0.5) is 5.69 Å². The number of nitrogens with zero attached hydrogens (tertiary/aromatic N) is 2. The number of fused-ring (bicyclic) bond motifs is 1. The van der Waals surface area contributed by atoms with Gasteiger partial charge in [0, 0.05) is 38.2 Å². The number of carbonyl (C=O) groups is 1. The molecular formula is C24H30N2O3. The maximum absolute atomic E-state index is 12.6. The maximum atomic E-state index is 12.6. The van der Waals surface area contributed by atoms with Crippen LogP contribution in [0.15, 0.2) is 42.5 Å². The fraction of sp³-hybridized carbons (Fsp3) is 0.458. The quantitative estimate of drug-likeness (QED) is 0.748. The van der Waals surface area contributed by atoms with Crippen LogP contribution in [0, 0.1) is 5.92 Å². The fourth-order valence-corrected chi connectivity index (χ4v) is 4.55. The summed E-state index contributed by atoms with van der Waals surface area (Å²) < 4.78 is 10.8. The van der Waals surface area contributed by atoms with Crippen LogP contribution in [-0.2, 0) is 6.42 Å². The summed E-state index contributed by atoms with van der Waals surface area (Å²) in [6.07, 6.45) is 2.72. The number of ether oxygens (including phenoxy) is 2. The molecule has 0 radical (unpaired) electrons. The lowest BCUT2D eigenvalue weighted by Gasteiger charge is -2.37. The topological polar surface area (TPSA) is 42.0 Å². The Morgan fingerprint density at radius 1 is 0.966 bits per heavy atom. The molecule has 1 heterocycles. The van der Waals surface area contributed by atoms with Crippen molar-refractivity contribution in [2.45, 2.75) is 19.3 Å². The largest absolute Gasteiger partial charge is 0.497 e. The molecule has 5 nitrogen and oxygen atoms in total. The molecule has 2 aromatic carbocycles. The predicted molar refractivity (Wildman–Crippen MR) is 115 cm³/mol. The number of para-hydroxylation sites is 2. The number of carbonyl (C=O) groups excluding carboxylic acids is 1. The summed E-state index contributed by atoms with van der Waals surface area (Å²) in [7, 11) is 3.38. The Kier molecular flexibility index (Phi) is 6.05. The van der Waals surface area contributed by atoms with E-state index in [2.05, 4.69) is 28.0 Å². The van der Waals surface area contributed by atoms with Gasteiger partial charge in [-0.2, -0.15) is 0 Å². The highest BCUT2D eigenvalue weighted by Crippen LogP contribution is 2.31. The SMILES string of the molecule is COc1ccc2c(c1)C(=O)CC(CCN1CCN(c3ccccc3OC)CC1)C2. The molecule has 2 aromatic rings. The van der Waals surface area contributed by atoms with E-state index in [4.69, 9.17) is 9.47 Å². The number of piperazine rings is 1. The zero-order valence-corrected chi connectivity index (χ0v) is 17.4. The Balaban J connectivity index is 1.29. The molecule has 1 atom stereocenters. The van der Waals surface area contributed by atoms with Crippen molar-refractivity contribution in [2.75, 3.05) is 51.8 Å². The van der Waals surface area contributed by atoms with E-state index in [0.29, 0.717) is 12.3 Å². The molecule has 5 heteroatoms. The first kappa shape index (κ1) is 19.8. The summed E-state index contributed by atoms with van der Waals surface area (Å²) in [5.74, 6) is 2.41. The van der Waals surface area contributed by atoms with Crippen LogP contribution < -0.4 is 14.4 Å². The van der Waals surface area contributed by atoms with Crippen molar-refractivity contribution >= 4 is 11.5 Å². The van der Waals surface area contributed by atoms with Gasteiger partial charge in [-0.15, -0.1) is 0 Å². The zero-order valence-electron chi connectivity index (χ0n) is 17.4. The smallest absolute Gasteiger partial charge is 0.163 e. The highest BCUT2D eigenvalue weighted by molar-refractivity contribution is 5.99. The first-order chi connectivity index (χ1) is 14.2. The van der Waals surface area contributed by atoms with E-state index in [1.807, 2.05) is 24.3 Å². The molecule has 1 aliphatic carbocycles. The molecule has 4 rings (SSSR count). The Hall–Kier alpha value is -2.53. The van der Waals surface area contributed by atoms with E-state index in [-0.39, 0.29) is 5.78 Å². The standard InChI is InChI=1S/C24H30N2O3/c1-28-20-8-7-19-15-18(16-23(27)21(19)17-20)9-10-25-11-13-26(14-12-25)22-5-3-4-6-24(22)29-2/h3-8,17-18H,9-16H2,1-2H3. The molecule has 0 saturated carbocycles. The normalized spacial score (nSPS) is 19.7. The zero-order chi connectivity index (χ0) is 20.2. The van der Waals surface area contributed by atoms with Crippen LogP contribution in [0.1, 0.15) is 28.8 Å². The van der Waals surface area contributed by atoms with Crippen molar-refractivity contribution in [3.63, 3.8) is 0 Å². The van der Waals surface area contributed by atoms with Crippen LogP contribution in [0.3, 0.4) is 0 Å². The number of ketones is 1. The Morgan fingerprint density at radius 3 is 2.52 bits per heavy atom. The van der Waals surface area contributed by atoms with Crippen LogP contribution in [0.2, 0.25) is 0 Å². The number of hydrogen-bond acceptors (Lipinski definition) is 5. The monoisotopic (exact) mass is 394 g/mol. The van der Waals surface area contributed by atoms with Crippen molar-refractivity contribution in [3.05, 3.63) is 53.6 Å². The maximum Gasteiger partial charge on any atom is 0.163 e. The Morgan fingerprint density at radius 2 is 1.76 bits per heavy atom. The number of rotatable bonds is 6. The van der Waals surface area contributed by atoms with Crippen LogP contribution in [0.25, 0.3) is 0 Å². The third-order valence-electron chi connectivity index (χ3n) is 6.25. The van der Waals surface area contributed by atoms with E-state index in [0.717, 1.165) is 62.6 Å². The number of Topliss-reactive ketones (excluding diaryl/α,β-unsaturated/α-hetero) is 1. The summed E-state index contributed by atoms with van der Waals surface area (Å²) >= 11 is 0. The van der Waals surface area contributed by atoms with Gasteiger partial charge in [0.15, 0.2) is 5.78 Å². The van der Waals surface area contributed by atoms with Gasteiger partial charge in [-0.3, -0.25) is 9.69 Å². The molecule has 1 aliphatic heterocycles. The summed E-state index contributed by atoms with van der Waals surface area (Å²) in [4.78, 5) is 17.5. The molecule has 1 fully saturated rings. The molecular weight excluding hydrogens is 364 g/mol. The highest BCUT2D eigenvalue weighted by Gasteiger charge is 2.26. The second-order valence-corrected chi connectivity index (χ2v) is 8.01. The third-order valence-corrected chi connectivity index (χ3v) is 6.25. The van der Waals surface area contributed by atoms with Gasteiger partial charge in [0.05, 0.1) is 19.9 Å². The number of benzene rings is 2. The van der Waals surface area contributed by atoms with Crippen molar-refractivity contribution in [1.82, 2.24) is 4.90 Å². The lowest BCUT2D eigenvalue weighted by atomic mass is 9.81. The molecule has 0 aromatic heterocycles. The summed E-state index contributed by atoms with van der Waals surface area (Å²) in [6.45, 7) is 5.17. The van der Waals surface area contributed by atoms with Gasteiger partial charge in [-0.05, 0) is 55.1 Å². The highest BCUT2D eigenvalue weighted by atomic mass is 16.5. The van der Waals surface area contributed by atoms with Gasteiger partial charge in [-0.25, -0.2) is 0 Å². The van der Waals surface area contributed by atoms with Crippen LogP contribution >= 0.6 is 0 Å². The minimum absolute atomic E-state index is 0.260. The van der Waals surface area contributed by atoms with E-state index in [1.165, 1.54) is 11.3 Å².